The van der Waals surface area contributed by atoms with Crippen LogP contribution in [0.5, 0.6) is 5.75 Å². The van der Waals surface area contributed by atoms with Crippen molar-refractivity contribution < 1.29 is 18.6 Å². The summed E-state index contributed by atoms with van der Waals surface area (Å²) in [6.07, 6.45) is -0.944. The van der Waals surface area contributed by atoms with Crippen molar-refractivity contribution in [3.05, 3.63) is 51.7 Å². The topological polar surface area (TPSA) is 29.5 Å². The van der Waals surface area contributed by atoms with Gasteiger partial charge in [0.2, 0.25) is 0 Å². The average molecular weight is 270 g/mol. The second kappa shape index (κ2) is 5.46. The van der Waals surface area contributed by atoms with Crippen molar-refractivity contribution in [2.24, 2.45) is 0 Å². The molecule has 1 aromatic heterocycles. The van der Waals surface area contributed by atoms with E-state index in [0.29, 0.717) is 5.56 Å². The number of benzene rings is 1. The summed E-state index contributed by atoms with van der Waals surface area (Å²) in [5, 5.41) is 12.1. The molecule has 0 radical (unpaired) electrons. The van der Waals surface area contributed by atoms with Crippen LogP contribution in [-0.4, -0.2) is 11.7 Å². The van der Waals surface area contributed by atoms with Crippen LogP contribution in [0.4, 0.5) is 8.78 Å². The molecule has 0 aliphatic rings. The molecule has 1 atom stereocenters. The van der Waals surface area contributed by atoms with Crippen molar-refractivity contribution in [1.29, 1.82) is 0 Å². The summed E-state index contributed by atoms with van der Waals surface area (Å²) in [7, 11) is 0. The van der Waals surface area contributed by atoms with E-state index in [1.807, 2.05) is 18.4 Å². The van der Waals surface area contributed by atoms with Gasteiger partial charge in [-0.1, -0.05) is 18.2 Å². The van der Waals surface area contributed by atoms with Crippen LogP contribution in [0.1, 0.15) is 22.1 Å². The first kappa shape index (κ1) is 13.0. The van der Waals surface area contributed by atoms with E-state index < -0.39 is 12.7 Å². The van der Waals surface area contributed by atoms with Crippen LogP contribution in [0.3, 0.4) is 0 Å². The molecule has 1 heterocycles. The Bertz CT molecular complexity index is 525. The van der Waals surface area contributed by atoms with E-state index in [0.717, 1.165) is 10.4 Å². The maximum absolute atomic E-state index is 12.3. The minimum atomic E-state index is -2.90. The maximum Gasteiger partial charge on any atom is 0.387 e. The van der Waals surface area contributed by atoms with E-state index in [-0.39, 0.29) is 5.75 Å². The first-order valence-electron chi connectivity index (χ1n) is 5.35. The summed E-state index contributed by atoms with van der Waals surface area (Å²) >= 11 is 1.39. The van der Waals surface area contributed by atoms with Gasteiger partial charge in [-0.3, -0.25) is 0 Å². The Morgan fingerprint density at radius 3 is 2.56 bits per heavy atom. The number of rotatable bonds is 4. The lowest BCUT2D eigenvalue weighted by Crippen LogP contribution is -2.07. The molecule has 0 saturated carbocycles. The lowest BCUT2D eigenvalue weighted by molar-refractivity contribution is -0.0512. The summed E-state index contributed by atoms with van der Waals surface area (Å²) in [6, 6.07) is 8.16. The number of hydrogen-bond donors (Lipinski definition) is 1. The smallest absolute Gasteiger partial charge is 0.387 e. The number of halogens is 2. The fourth-order valence-corrected chi connectivity index (χ4v) is 2.64. The number of ether oxygens (including phenoxy) is 1. The molecule has 1 N–H and O–H groups in total. The van der Waals surface area contributed by atoms with Crippen LogP contribution in [-0.2, 0) is 0 Å². The number of aryl methyl sites for hydroxylation is 1. The minimum absolute atomic E-state index is 0.00722. The molecule has 0 amide bonds. The van der Waals surface area contributed by atoms with Gasteiger partial charge in [0.05, 0.1) is 0 Å². The zero-order valence-corrected chi connectivity index (χ0v) is 10.5. The summed E-state index contributed by atoms with van der Waals surface area (Å²) in [4.78, 5) is 0.736. The Morgan fingerprint density at radius 1 is 1.22 bits per heavy atom. The monoisotopic (exact) mass is 270 g/mol. The van der Waals surface area contributed by atoms with Crippen molar-refractivity contribution in [2.75, 3.05) is 0 Å². The number of aliphatic hydroxyl groups excluding tert-OH is 1. The number of alkyl halides is 2. The Labute approximate surface area is 107 Å². The Balaban J connectivity index is 2.36. The molecule has 0 aliphatic carbocycles. The van der Waals surface area contributed by atoms with Gasteiger partial charge in [-0.15, -0.1) is 11.3 Å². The first-order chi connectivity index (χ1) is 8.59. The van der Waals surface area contributed by atoms with Crippen molar-refractivity contribution in [2.45, 2.75) is 19.6 Å². The normalized spacial score (nSPS) is 12.7. The van der Waals surface area contributed by atoms with Crippen LogP contribution in [0.15, 0.2) is 35.7 Å². The Kier molecular flexibility index (Phi) is 3.93. The van der Waals surface area contributed by atoms with Crippen molar-refractivity contribution in [3.8, 4) is 5.75 Å². The van der Waals surface area contributed by atoms with Gasteiger partial charge in [0, 0.05) is 10.4 Å². The van der Waals surface area contributed by atoms with Gasteiger partial charge in [0.1, 0.15) is 11.9 Å². The Morgan fingerprint density at radius 2 is 1.94 bits per heavy atom. The Hall–Kier alpha value is -1.46. The lowest BCUT2D eigenvalue weighted by atomic mass is 10.0. The molecular weight excluding hydrogens is 258 g/mol. The standard InChI is InChI=1S/C13H12F2O2S/c1-8-6-7-18-12(8)11(16)9-4-2-3-5-10(9)17-13(14)15/h2-7,11,13,16H,1H3. The molecule has 1 unspecified atom stereocenters. The van der Waals surface area contributed by atoms with Gasteiger partial charge < -0.3 is 9.84 Å². The fraction of sp³-hybridized carbons (Fsp3) is 0.231. The van der Waals surface area contributed by atoms with E-state index in [9.17, 15) is 13.9 Å². The highest BCUT2D eigenvalue weighted by atomic mass is 32.1. The fourth-order valence-electron chi connectivity index (χ4n) is 1.72. The molecule has 0 bridgehead atoms. The molecule has 2 aromatic rings. The molecule has 2 rings (SSSR count). The predicted molar refractivity (Wildman–Crippen MR) is 66.2 cm³/mol. The number of hydrogen-bond acceptors (Lipinski definition) is 3. The van der Waals surface area contributed by atoms with Gasteiger partial charge in [0.15, 0.2) is 0 Å². The molecule has 96 valence electrons. The molecular formula is C13H12F2O2S. The molecule has 0 saturated heterocycles. The zero-order valence-electron chi connectivity index (χ0n) is 9.64. The molecule has 18 heavy (non-hydrogen) atoms. The quantitative estimate of drug-likeness (QED) is 0.917. The molecule has 2 nitrogen and oxygen atoms in total. The highest BCUT2D eigenvalue weighted by molar-refractivity contribution is 7.10. The van der Waals surface area contributed by atoms with Gasteiger partial charge >= 0.3 is 6.61 Å². The SMILES string of the molecule is Cc1ccsc1C(O)c1ccccc1OC(F)F. The molecule has 0 aliphatic heterocycles. The van der Waals surface area contributed by atoms with E-state index in [4.69, 9.17) is 0 Å². The zero-order chi connectivity index (χ0) is 13.1. The lowest BCUT2D eigenvalue weighted by Gasteiger charge is -2.15. The van der Waals surface area contributed by atoms with E-state index in [1.165, 1.54) is 17.4 Å². The van der Waals surface area contributed by atoms with Gasteiger partial charge in [-0.05, 0) is 30.0 Å². The maximum atomic E-state index is 12.3. The molecule has 1 aromatic carbocycles. The highest BCUT2D eigenvalue weighted by Crippen LogP contribution is 2.34. The van der Waals surface area contributed by atoms with Crippen LogP contribution < -0.4 is 4.74 Å². The summed E-state index contributed by atoms with van der Waals surface area (Å²) in [6.45, 7) is -1.03. The number of para-hydroxylation sites is 1. The summed E-state index contributed by atoms with van der Waals surface area (Å²) < 4.78 is 29.0. The largest absolute Gasteiger partial charge is 0.434 e. The third-order valence-corrected chi connectivity index (χ3v) is 3.65. The van der Waals surface area contributed by atoms with E-state index in [1.54, 1.807) is 18.2 Å². The highest BCUT2D eigenvalue weighted by Gasteiger charge is 2.19. The molecule has 5 heteroatoms. The third kappa shape index (κ3) is 2.68. The van der Waals surface area contributed by atoms with Crippen LogP contribution in [0.2, 0.25) is 0 Å². The summed E-state index contributed by atoms with van der Waals surface area (Å²) in [5.74, 6) is 0.00722. The van der Waals surface area contributed by atoms with Crippen molar-refractivity contribution in [1.82, 2.24) is 0 Å². The number of aliphatic hydroxyl groups is 1. The minimum Gasteiger partial charge on any atom is -0.434 e. The predicted octanol–water partition coefficient (Wildman–Crippen LogP) is 3.74. The first-order valence-corrected chi connectivity index (χ1v) is 6.23. The summed E-state index contributed by atoms with van der Waals surface area (Å²) in [5.41, 5.74) is 1.28. The van der Waals surface area contributed by atoms with E-state index >= 15 is 0 Å². The van der Waals surface area contributed by atoms with Crippen LogP contribution >= 0.6 is 11.3 Å². The van der Waals surface area contributed by atoms with Crippen LogP contribution in [0, 0.1) is 6.92 Å². The molecule has 0 fully saturated rings. The van der Waals surface area contributed by atoms with Gasteiger partial charge in [0.25, 0.3) is 0 Å². The molecule has 0 spiro atoms. The van der Waals surface area contributed by atoms with Crippen molar-refractivity contribution >= 4 is 11.3 Å². The second-order valence-electron chi connectivity index (χ2n) is 3.79. The third-order valence-electron chi connectivity index (χ3n) is 2.58. The second-order valence-corrected chi connectivity index (χ2v) is 4.73. The van der Waals surface area contributed by atoms with Crippen molar-refractivity contribution in [3.63, 3.8) is 0 Å². The van der Waals surface area contributed by atoms with E-state index in [2.05, 4.69) is 4.74 Å². The van der Waals surface area contributed by atoms with Gasteiger partial charge in [-0.25, -0.2) is 0 Å². The number of thiophene rings is 1. The van der Waals surface area contributed by atoms with Crippen LogP contribution in [0.25, 0.3) is 0 Å². The van der Waals surface area contributed by atoms with Gasteiger partial charge in [-0.2, -0.15) is 8.78 Å². The average Bonchev–Trinajstić information content (AvgIpc) is 2.74.